The Hall–Kier alpha value is -2.53. The normalized spacial score (nSPS) is 11.5. The number of benzene rings is 2. The van der Waals surface area contributed by atoms with Crippen LogP contribution in [0.4, 0.5) is 0 Å². The molecule has 0 heterocycles. The molecule has 0 atom stereocenters. The first-order valence-corrected chi connectivity index (χ1v) is 9.51. The lowest BCUT2D eigenvalue weighted by Gasteiger charge is -2.15. The van der Waals surface area contributed by atoms with E-state index in [2.05, 4.69) is 79.9 Å². The van der Waals surface area contributed by atoms with Crippen molar-refractivity contribution >= 4 is 5.96 Å². The average molecular weight is 369 g/mol. The van der Waals surface area contributed by atoms with Crippen LogP contribution in [-0.4, -0.2) is 44.7 Å². The van der Waals surface area contributed by atoms with Crippen LogP contribution in [0.1, 0.15) is 23.6 Å². The Balaban J connectivity index is 1.87. The molecule has 0 fully saturated rings. The van der Waals surface area contributed by atoms with Crippen LogP contribution < -0.4 is 15.4 Å². The first kappa shape index (κ1) is 20.8. The van der Waals surface area contributed by atoms with Crippen molar-refractivity contribution in [3.05, 3.63) is 65.2 Å². The zero-order valence-electron chi connectivity index (χ0n) is 17.0. The highest BCUT2D eigenvalue weighted by atomic mass is 16.5. The van der Waals surface area contributed by atoms with Crippen molar-refractivity contribution in [2.45, 2.75) is 26.9 Å². The van der Waals surface area contributed by atoms with E-state index in [1.807, 2.05) is 12.1 Å². The van der Waals surface area contributed by atoms with E-state index >= 15 is 0 Å². The van der Waals surface area contributed by atoms with Crippen molar-refractivity contribution in [2.24, 2.45) is 4.99 Å². The molecule has 0 saturated heterocycles. The van der Waals surface area contributed by atoms with Gasteiger partial charge in [-0.2, -0.15) is 0 Å². The SMILES string of the molecule is CCNC(=NCc1ccccc1CN(C)C)NCCOc1ccc(C)cc1. The van der Waals surface area contributed by atoms with Crippen LogP contribution in [0.25, 0.3) is 0 Å². The maximum Gasteiger partial charge on any atom is 0.191 e. The fraction of sp³-hybridized carbons (Fsp3) is 0.409. The molecule has 0 aromatic heterocycles. The van der Waals surface area contributed by atoms with E-state index in [1.165, 1.54) is 16.7 Å². The molecule has 0 saturated carbocycles. The third-order valence-electron chi connectivity index (χ3n) is 4.04. The summed E-state index contributed by atoms with van der Waals surface area (Å²) in [6.45, 7) is 7.81. The number of guanidine groups is 1. The molecular weight excluding hydrogens is 336 g/mol. The second-order valence-corrected chi connectivity index (χ2v) is 6.79. The number of ether oxygens (including phenoxy) is 1. The van der Waals surface area contributed by atoms with Gasteiger partial charge in [-0.3, -0.25) is 0 Å². The summed E-state index contributed by atoms with van der Waals surface area (Å²) in [6, 6.07) is 16.6. The molecule has 0 amide bonds. The van der Waals surface area contributed by atoms with Gasteiger partial charge < -0.3 is 20.3 Å². The molecule has 2 rings (SSSR count). The first-order valence-electron chi connectivity index (χ1n) is 9.51. The monoisotopic (exact) mass is 368 g/mol. The van der Waals surface area contributed by atoms with Gasteiger partial charge in [0.1, 0.15) is 12.4 Å². The summed E-state index contributed by atoms with van der Waals surface area (Å²) in [4.78, 5) is 6.90. The van der Waals surface area contributed by atoms with Crippen molar-refractivity contribution in [1.82, 2.24) is 15.5 Å². The summed E-state index contributed by atoms with van der Waals surface area (Å²) < 4.78 is 5.76. The van der Waals surface area contributed by atoms with E-state index in [1.54, 1.807) is 0 Å². The zero-order valence-corrected chi connectivity index (χ0v) is 17.0. The fourth-order valence-electron chi connectivity index (χ4n) is 2.69. The van der Waals surface area contributed by atoms with Crippen LogP contribution in [0.5, 0.6) is 5.75 Å². The average Bonchev–Trinajstić information content (AvgIpc) is 2.65. The molecule has 0 bridgehead atoms. The Morgan fingerprint density at radius 3 is 2.37 bits per heavy atom. The minimum Gasteiger partial charge on any atom is -0.492 e. The summed E-state index contributed by atoms with van der Waals surface area (Å²) >= 11 is 0. The van der Waals surface area contributed by atoms with Gasteiger partial charge in [0.2, 0.25) is 0 Å². The molecule has 0 aliphatic rings. The molecule has 27 heavy (non-hydrogen) atoms. The summed E-state index contributed by atoms with van der Waals surface area (Å²) in [5.74, 6) is 1.70. The van der Waals surface area contributed by atoms with E-state index in [9.17, 15) is 0 Å². The zero-order chi connectivity index (χ0) is 19.5. The van der Waals surface area contributed by atoms with Crippen LogP contribution in [0.15, 0.2) is 53.5 Å². The van der Waals surface area contributed by atoms with Crippen molar-refractivity contribution < 1.29 is 4.74 Å². The fourth-order valence-corrected chi connectivity index (χ4v) is 2.69. The Bertz CT molecular complexity index is 711. The number of aliphatic imine (C=N–C) groups is 1. The number of hydrogen-bond donors (Lipinski definition) is 2. The largest absolute Gasteiger partial charge is 0.492 e. The predicted molar refractivity (Wildman–Crippen MR) is 113 cm³/mol. The molecule has 2 aromatic rings. The lowest BCUT2D eigenvalue weighted by Crippen LogP contribution is -2.39. The number of hydrogen-bond acceptors (Lipinski definition) is 3. The van der Waals surface area contributed by atoms with Gasteiger partial charge in [0, 0.05) is 13.1 Å². The standard InChI is InChI=1S/C22H32N4O/c1-5-23-22(24-14-15-27-21-12-10-18(2)11-13-21)25-16-19-8-6-7-9-20(19)17-26(3)4/h6-13H,5,14-17H2,1-4H3,(H2,23,24,25). The molecule has 146 valence electrons. The predicted octanol–water partition coefficient (Wildman–Crippen LogP) is 3.19. The molecular formula is C22H32N4O. The highest BCUT2D eigenvalue weighted by molar-refractivity contribution is 5.79. The van der Waals surface area contributed by atoms with Crippen LogP contribution in [0, 0.1) is 6.92 Å². The number of nitrogens with one attached hydrogen (secondary N) is 2. The van der Waals surface area contributed by atoms with Gasteiger partial charge in [0.25, 0.3) is 0 Å². The van der Waals surface area contributed by atoms with Gasteiger partial charge in [-0.25, -0.2) is 4.99 Å². The molecule has 0 unspecified atom stereocenters. The van der Waals surface area contributed by atoms with E-state index < -0.39 is 0 Å². The Morgan fingerprint density at radius 1 is 1.00 bits per heavy atom. The third kappa shape index (κ3) is 7.71. The summed E-state index contributed by atoms with van der Waals surface area (Å²) in [5, 5.41) is 6.63. The van der Waals surface area contributed by atoms with E-state index in [0.717, 1.165) is 24.8 Å². The topological polar surface area (TPSA) is 48.9 Å². The minimum absolute atomic E-state index is 0.588. The number of aryl methyl sites for hydroxylation is 1. The highest BCUT2D eigenvalue weighted by Gasteiger charge is 2.04. The second-order valence-electron chi connectivity index (χ2n) is 6.79. The van der Waals surface area contributed by atoms with Crippen molar-refractivity contribution in [2.75, 3.05) is 33.8 Å². The van der Waals surface area contributed by atoms with Gasteiger partial charge in [-0.15, -0.1) is 0 Å². The van der Waals surface area contributed by atoms with Crippen LogP contribution in [-0.2, 0) is 13.1 Å². The minimum atomic E-state index is 0.588. The molecule has 0 aliphatic carbocycles. The Kier molecular flexibility index (Phi) is 8.65. The molecule has 2 N–H and O–H groups in total. The van der Waals surface area contributed by atoms with Gasteiger partial charge in [-0.05, 0) is 51.2 Å². The van der Waals surface area contributed by atoms with E-state index in [0.29, 0.717) is 19.7 Å². The summed E-state index contributed by atoms with van der Waals surface area (Å²) in [6.07, 6.45) is 0. The molecule has 5 heteroatoms. The van der Waals surface area contributed by atoms with Gasteiger partial charge in [0.15, 0.2) is 5.96 Å². The van der Waals surface area contributed by atoms with Crippen LogP contribution >= 0.6 is 0 Å². The Morgan fingerprint density at radius 2 is 1.70 bits per heavy atom. The van der Waals surface area contributed by atoms with Crippen LogP contribution in [0.3, 0.4) is 0 Å². The lowest BCUT2D eigenvalue weighted by molar-refractivity contribution is 0.322. The number of rotatable bonds is 9. The number of nitrogens with zero attached hydrogens (tertiary/aromatic N) is 2. The molecule has 0 spiro atoms. The van der Waals surface area contributed by atoms with Crippen molar-refractivity contribution in [3.8, 4) is 5.75 Å². The van der Waals surface area contributed by atoms with Gasteiger partial charge in [-0.1, -0.05) is 42.0 Å². The maximum atomic E-state index is 5.76. The smallest absolute Gasteiger partial charge is 0.191 e. The Labute approximate surface area is 163 Å². The first-order chi connectivity index (χ1) is 13.1. The van der Waals surface area contributed by atoms with E-state index in [4.69, 9.17) is 9.73 Å². The molecule has 5 nitrogen and oxygen atoms in total. The third-order valence-corrected chi connectivity index (χ3v) is 4.04. The molecule has 0 aliphatic heterocycles. The molecule has 0 radical (unpaired) electrons. The summed E-state index contributed by atoms with van der Waals surface area (Å²) in [5.41, 5.74) is 3.79. The maximum absolute atomic E-state index is 5.76. The van der Waals surface area contributed by atoms with E-state index in [-0.39, 0.29) is 0 Å². The quantitative estimate of drug-likeness (QED) is 0.405. The van der Waals surface area contributed by atoms with Crippen LogP contribution in [0.2, 0.25) is 0 Å². The lowest BCUT2D eigenvalue weighted by atomic mass is 10.1. The van der Waals surface area contributed by atoms with Crippen molar-refractivity contribution in [1.29, 1.82) is 0 Å². The highest BCUT2D eigenvalue weighted by Crippen LogP contribution is 2.12. The second kappa shape index (κ2) is 11.2. The van der Waals surface area contributed by atoms with Crippen molar-refractivity contribution in [3.63, 3.8) is 0 Å². The van der Waals surface area contributed by atoms with Gasteiger partial charge >= 0.3 is 0 Å². The summed E-state index contributed by atoms with van der Waals surface area (Å²) in [7, 11) is 4.17. The molecule has 2 aromatic carbocycles. The van der Waals surface area contributed by atoms with Gasteiger partial charge in [0.05, 0.1) is 13.1 Å².